The first kappa shape index (κ1) is 54.1. The van der Waals surface area contributed by atoms with Crippen LogP contribution in [0.1, 0.15) is 49.8 Å². The van der Waals surface area contributed by atoms with Crippen LogP contribution in [0.4, 0.5) is 43.9 Å². The van der Waals surface area contributed by atoms with E-state index >= 15 is 0 Å². The highest BCUT2D eigenvalue weighted by Crippen LogP contribution is 2.39. The fourth-order valence-corrected chi connectivity index (χ4v) is 8.84. The molecule has 0 saturated heterocycles. The molecule has 10 aromatic carbocycles. The summed E-state index contributed by atoms with van der Waals surface area (Å²) in [7, 11) is 0. The number of rotatable bonds is 11. The third-order valence-corrected chi connectivity index (χ3v) is 12.8. The van der Waals surface area contributed by atoms with Crippen molar-refractivity contribution in [3.8, 4) is 61.4 Å². The Labute approximate surface area is 434 Å². The number of hydrogen-bond donors (Lipinski definition) is 0. The molecular weight excluding hydrogens is 987 g/mol. The third kappa shape index (κ3) is 13.4. The van der Waals surface area contributed by atoms with Gasteiger partial charge in [0, 0.05) is 10.8 Å². The van der Waals surface area contributed by atoms with Crippen molar-refractivity contribution in [3.05, 3.63) is 246 Å². The highest BCUT2D eigenvalue weighted by molar-refractivity contribution is 5.90. The maximum Gasteiger partial charge on any atom is 0.573 e. The largest absolute Gasteiger partial charge is 0.573 e. The van der Waals surface area contributed by atoms with Gasteiger partial charge in [0.2, 0.25) is 5.75 Å². The maximum absolute atomic E-state index is 14.4. The van der Waals surface area contributed by atoms with Crippen molar-refractivity contribution in [2.24, 2.45) is 0 Å². The average molecular weight is 1040 g/mol. The Balaban J connectivity index is 0.000000165. The molecule has 0 unspecified atom stereocenters. The zero-order valence-electron chi connectivity index (χ0n) is 41.4. The fourth-order valence-electron chi connectivity index (χ4n) is 8.84. The second-order valence-corrected chi connectivity index (χ2v) is 18.1. The van der Waals surface area contributed by atoms with E-state index in [-0.39, 0.29) is 21.5 Å². The summed E-state index contributed by atoms with van der Waals surface area (Å²) < 4.78 is 137. The van der Waals surface area contributed by atoms with E-state index in [1.54, 1.807) is 12.1 Å². The Bertz CT molecular complexity index is 3480. The molecule has 0 aliphatic heterocycles. The molecular formula is C65H50F10O. The molecule has 0 spiro atoms. The minimum atomic E-state index is -5.19. The molecule has 0 heterocycles. The summed E-state index contributed by atoms with van der Waals surface area (Å²) in [6.45, 7) is 4.30. The molecule has 0 aliphatic carbocycles. The lowest BCUT2D eigenvalue weighted by Crippen LogP contribution is -2.19. The van der Waals surface area contributed by atoms with Crippen molar-refractivity contribution in [3.63, 3.8) is 0 Å². The average Bonchev–Trinajstić information content (AvgIpc) is 3.43. The molecule has 1 nitrogen and oxygen atoms in total. The number of hydrogen-bond acceptors (Lipinski definition) is 1. The quantitative estimate of drug-likeness (QED) is 0.117. The zero-order chi connectivity index (χ0) is 54.0. The first-order valence-electron chi connectivity index (χ1n) is 24.7. The van der Waals surface area contributed by atoms with Gasteiger partial charge in [-0.3, -0.25) is 0 Å². The van der Waals surface area contributed by atoms with Crippen LogP contribution < -0.4 is 4.74 Å². The van der Waals surface area contributed by atoms with Crippen LogP contribution in [0, 0.1) is 23.3 Å². The number of aryl methyl sites for hydroxylation is 2. The SMILES string of the molecule is CCCCc1ccc(-c2ccc(-c3ccc4c(F)c(C(F)(F)F)c(F)cc4c3)cc2)cc1.CCCc1ccc(-c2ccc(-c3ccc4c(F)c(OC(F)(F)F)c(F)cc4c3)cc2)cc1.c1ccc(-c2ccccc2)cc1. The molecule has 0 radical (unpaired) electrons. The van der Waals surface area contributed by atoms with Gasteiger partial charge in [-0.25, -0.2) is 17.6 Å². The Kier molecular flexibility index (Phi) is 17.1. The predicted molar refractivity (Wildman–Crippen MR) is 286 cm³/mol. The molecule has 10 aromatic rings. The van der Waals surface area contributed by atoms with Gasteiger partial charge in [0.05, 0.1) is 0 Å². The van der Waals surface area contributed by atoms with E-state index in [9.17, 15) is 43.9 Å². The number of alkyl halides is 6. The smallest absolute Gasteiger partial charge is 0.399 e. The van der Waals surface area contributed by atoms with Crippen LogP contribution in [-0.2, 0) is 19.0 Å². The first-order chi connectivity index (χ1) is 36.5. The maximum atomic E-state index is 14.4. The van der Waals surface area contributed by atoms with Gasteiger partial charge >= 0.3 is 12.5 Å². The van der Waals surface area contributed by atoms with Gasteiger partial charge in [-0.1, -0.05) is 209 Å². The van der Waals surface area contributed by atoms with Gasteiger partial charge in [-0.05, 0) is 121 Å². The monoisotopic (exact) mass is 1040 g/mol. The van der Waals surface area contributed by atoms with E-state index in [0.717, 1.165) is 77.6 Å². The topological polar surface area (TPSA) is 9.23 Å². The van der Waals surface area contributed by atoms with Crippen LogP contribution in [0.15, 0.2) is 206 Å². The van der Waals surface area contributed by atoms with Crippen LogP contribution in [0.5, 0.6) is 5.75 Å². The second-order valence-electron chi connectivity index (χ2n) is 18.1. The number of halogens is 10. The Morgan fingerprint density at radius 1 is 0.355 bits per heavy atom. The minimum Gasteiger partial charge on any atom is -0.399 e. The summed E-state index contributed by atoms with van der Waals surface area (Å²) >= 11 is 0. The molecule has 0 bridgehead atoms. The van der Waals surface area contributed by atoms with Crippen molar-refractivity contribution < 1.29 is 48.6 Å². The Hall–Kier alpha value is -8.18. The summed E-state index contributed by atoms with van der Waals surface area (Å²) in [5.74, 6) is -7.45. The fraction of sp³-hybridized carbons (Fsp3) is 0.138. The lowest BCUT2D eigenvalue weighted by Gasteiger charge is -2.13. The molecule has 0 aliphatic rings. The molecule has 0 amide bonds. The number of unbranched alkanes of at least 4 members (excludes halogenated alkanes) is 1. The van der Waals surface area contributed by atoms with Crippen LogP contribution in [0.3, 0.4) is 0 Å². The van der Waals surface area contributed by atoms with Crippen molar-refractivity contribution in [1.82, 2.24) is 0 Å². The number of fused-ring (bicyclic) bond motifs is 2. The molecule has 0 N–H and O–H groups in total. The van der Waals surface area contributed by atoms with Gasteiger partial charge in [0.1, 0.15) is 17.2 Å². The van der Waals surface area contributed by atoms with Crippen LogP contribution in [0.2, 0.25) is 0 Å². The Morgan fingerprint density at radius 3 is 1.11 bits per heavy atom. The third-order valence-electron chi connectivity index (χ3n) is 12.8. The van der Waals surface area contributed by atoms with Gasteiger partial charge in [-0.15, -0.1) is 13.2 Å². The summed E-state index contributed by atoms with van der Waals surface area (Å²) in [6, 6.07) is 63.2. The lowest BCUT2D eigenvalue weighted by atomic mass is 9.96. The summed E-state index contributed by atoms with van der Waals surface area (Å²) in [6.07, 6.45) is -4.79. The van der Waals surface area contributed by atoms with Crippen molar-refractivity contribution in [2.45, 2.75) is 58.5 Å². The van der Waals surface area contributed by atoms with Crippen molar-refractivity contribution >= 4 is 21.5 Å². The van der Waals surface area contributed by atoms with E-state index in [0.29, 0.717) is 11.1 Å². The van der Waals surface area contributed by atoms with Gasteiger partial charge in [-0.2, -0.15) is 13.2 Å². The highest BCUT2D eigenvalue weighted by atomic mass is 19.4. The van der Waals surface area contributed by atoms with Gasteiger partial charge in [0.25, 0.3) is 0 Å². The minimum absolute atomic E-state index is 0.0808. The lowest BCUT2D eigenvalue weighted by molar-refractivity contribution is -0.276. The molecule has 11 heteroatoms. The molecule has 0 atom stereocenters. The van der Waals surface area contributed by atoms with E-state index in [2.05, 4.69) is 116 Å². The van der Waals surface area contributed by atoms with Crippen molar-refractivity contribution in [1.29, 1.82) is 0 Å². The van der Waals surface area contributed by atoms with Crippen LogP contribution in [0.25, 0.3) is 77.2 Å². The number of benzene rings is 10. The van der Waals surface area contributed by atoms with Crippen LogP contribution in [-0.4, -0.2) is 6.36 Å². The van der Waals surface area contributed by atoms with E-state index < -0.39 is 47.1 Å². The highest BCUT2D eigenvalue weighted by Gasteiger charge is 2.39. The summed E-state index contributed by atoms with van der Waals surface area (Å²) in [4.78, 5) is 0. The first-order valence-corrected chi connectivity index (χ1v) is 24.7. The van der Waals surface area contributed by atoms with Gasteiger partial charge < -0.3 is 4.74 Å². The molecule has 0 fully saturated rings. The molecule has 0 saturated carbocycles. The van der Waals surface area contributed by atoms with E-state index in [1.807, 2.05) is 60.7 Å². The molecule has 0 aromatic heterocycles. The predicted octanol–water partition coefficient (Wildman–Crippen LogP) is 20.5. The molecule has 76 heavy (non-hydrogen) atoms. The Morgan fingerprint density at radius 2 is 0.711 bits per heavy atom. The van der Waals surface area contributed by atoms with E-state index in [4.69, 9.17) is 0 Å². The molecule has 386 valence electrons. The second kappa shape index (κ2) is 24.0. The van der Waals surface area contributed by atoms with Gasteiger partial charge in [0.15, 0.2) is 11.6 Å². The normalized spacial score (nSPS) is 11.4. The van der Waals surface area contributed by atoms with Crippen molar-refractivity contribution in [2.75, 3.05) is 0 Å². The molecule has 10 rings (SSSR count). The van der Waals surface area contributed by atoms with Crippen LogP contribution >= 0.6 is 0 Å². The zero-order valence-corrected chi connectivity index (χ0v) is 41.4. The standard InChI is InChI=1S/C27H21F5.C26H19F5O.C12H10/c1-2-3-4-17-5-7-18(8-6-17)19-9-11-20(12-10-19)21-13-14-23-22(15-21)16-24(28)25(26(23)29)27(30,31)32;1-2-3-16-4-6-17(7-5-16)18-8-10-19(11-9-18)20-12-13-22-21(14-20)15-23(27)25(24(22)28)32-26(29,30)31;1-3-7-11(8-4-1)12-9-5-2-6-10-12/h5-16H,2-4H2,1H3;4-15H,2-3H2,1H3;1-10H. The summed E-state index contributed by atoms with van der Waals surface area (Å²) in [5.41, 5.74) is 10.5. The number of ether oxygens (including phenoxy) is 1. The summed E-state index contributed by atoms with van der Waals surface area (Å²) in [5, 5.41) is -0.194. The van der Waals surface area contributed by atoms with E-state index in [1.165, 1.54) is 46.5 Å².